The van der Waals surface area contributed by atoms with E-state index in [0.29, 0.717) is 5.92 Å². The fourth-order valence-corrected chi connectivity index (χ4v) is 2.08. The highest BCUT2D eigenvalue weighted by Crippen LogP contribution is 2.23. The first kappa shape index (κ1) is 6.31. The molecule has 2 heterocycles. The van der Waals surface area contributed by atoms with Crippen molar-refractivity contribution in [3.8, 4) is 0 Å². The lowest BCUT2D eigenvalue weighted by atomic mass is 10.1. The summed E-state index contributed by atoms with van der Waals surface area (Å²) < 4.78 is 0. The molecule has 10 heavy (non-hydrogen) atoms. The zero-order chi connectivity index (χ0) is 6.81. The third-order valence-electron chi connectivity index (χ3n) is 1.86. The van der Waals surface area contributed by atoms with Crippen LogP contribution in [0.3, 0.4) is 0 Å². The standard InChI is InChI=1S/C7H10N2S/c1-2-8-5-6(1)7-9-3-4-10-7/h3-4,6,8H,1-2,5H2/t6-/m1/s1. The third-order valence-corrected chi connectivity index (χ3v) is 2.80. The van der Waals surface area contributed by atoms with Crippen LogP contribution in [-0.2, 0) is 0 Å². The second kappa shape index (κ2) is 2.68. The Labute approximate surface area is 64.3 Å². The number of hydrogen-bond acceptors (Lipinski definition) is 3. The van der Waals surface area contributed by atoms with Crippen molar-refractivity contribution in [3.05, 3.63) is 16.6 Å². The van der Waals surface area contributed by atoms with Gasteiger partial charge in [0.05, 0.1) is 5.01 Å². The molecule has 1 aromatic heterocycles. The first-order chi connectivity index (χ1) is 4.97. The topological polar surface area (TPSA) is 24.9 Å². The lowest BCUT2D eigenvalue weighted by Gasteiger charge is -2.00. The SMILES string of the molecule is c1csc([C@@H]2CCNC2)n1. The Morgan fingerprint density at radius 2 is 2.70 bits per heavy atom. The normalized spacial score (nSPS) is 25.4. The molecule has 1 aliphatic heterocycles. The summed E-state index contributed by atoms with van der Waals surface area (Å²) in [6, 6.07) is 0. The summed E-state index contributed by atoms with van der Waals surface area (Å²) in [5, 5.41) is 6.67. The largest absolute Gasteiger partial charge is 0.316 e. The third kappa shape index (κ3) is 1.07. The first-order valence-corrected chi connectivity index (χ1v) is 4.45. The predicted molar refractivity (Wildman–Crippen MR) is 42.3 cm³/mol. The molecule has 1 atom stereocenters. The van der Waals surface area contributed by atoms with E-state index < -0.39 is 0 Å². The van der Waals surface area contributed by atoms with E-state index in [2.05, 4.69) is 10.3 Å². The van der Waals surface area contributed by atoms with Gasteiger partial charge in [-0.1, -0.05) is 0 Å². The second-order valence-corrected chi connectivity index (χ2v) is 3.49. The van der Waals surface area contributed by atoms with Gasteiger partial charge in [-0.2, -0.15) is 0 Å². The molecule has 0 radical (unpaired) electrons. The van der Waals surface area contributed by atoms with Gasteiger partial charge in [-0.25, -0.2) is 4.98 Å². The zero-order valence-electron chi connectivity index (χ0n) is 5.71. The van der Waals surface area contributed by atoms with Crippen LogP contribution >= 0.6 is 11.3 Å². The van der Waals surface area contributed by atoms with Gasteiger partial charge in [0, 0.05) is 24.0 Å². The van der Waals surface area contributed by atoms with Gasteiger partial charge in [0.1, 0.15) is 0 Å². The summed E-state index contributed by atoms with van der Waals surface area (Å²) >= 11 is 1.77. The van der Waals surface area contributed by atoms with Crippen LogP contribution < -0.4 is 5.32 Å². The Bertz CT molecular complexity index is 189. The molecule has 0 bridgehead atoms. The molecule has 1 N–H and O–H groups in total. The smallest absolute Gasteiger partial charge is 0.0969 e. The Kier molecular flexibility index (Phi) is 1.69. The highest BCUT2D eigenvalue weighted by Gasteiger charge is 2.17. The Morgan fingerprint density at radius 1 is 1.70 bits per heavy atom. The Hall–Kier alpha value is -0.410. The summed E-state index contributed by atoms with van der Waals surface area (Å²) in [5.41, 5.74) is 0. The molecule has 1 aliphatic rings. The zero-order valence-corrected chi connectivity index (χ0v) is 6.53. The van der Waals surface area contributed by atoms with Gasteiger partial charge in [-0.05, 0) is 13.0 Å². The van der Waals surface area contributed by atoms with E-state index in [9.17, 15) is 0 Å². The maximum Gasteiger partial charge on any atom is 0.0969 e. The predicted octanol–water partition coefficient (Wildman–Crippen LogP) is 1.22. The maximum absolute atomic E-state index is 4.28. The fourth-order valence-electron chi connectivity index (χ4n) is 1.30. The maximum atomic E-state index is 4.28. The van der Waals surface area contributed by atoms with E-state index >= 15 is 0 Å². The number of hydrogen-bond donors (Lipinski definition) is 1. The fraction of sp³-hybridized carbons (Fsp3) is 0.571. The van der Waals surface area contributed by atoms with E-state index in [4.69, 9.17) is 0 Å². The van der Waals surface area contributed by atoms with Crippen LogP contribution in [0.1, 0.15) is 17.3 Å². The first-order valence-electron chi connectivity index (χ1n) is 3.57. The lowest BCUT2D eigenvalue weighted by Crippen LogP contribution is -2.07. The number of rotatable bonds is 1. The molecule has 1 saturated heterocycles. The van der Waals surface area contributed by atoms with Crippen LogP contribution in [0.5, 0.6) is 0 Å². The summed E-state index contributed by atoms with van der Waals surface area (Å²) in [4.78, 5) is 4.28. The summed E-state index contributed by atoms with van der Waals surface area (Å²) in [6.07, 6.45) is 3.14. The van der Waals surface area contributed by atoms with Crippen molar-refractivity contribution in [2.45, 2.75) is 12.3 Å². The van der Waals surface area contributed by atoms with Gasteiger partial charge < -0.3 is 5.32 Å². The van der Waals surface area contributed by atoms with Gasteiger partial charge in [0.2, 0.25) is 0 Å². The number of nitrogens with zero attached hydrogens (tertiary/aromatic N) is 1. The molecule has 0 spiro atoms. The molecule has 0 saturated carbocycles. The van der Waals surface area contributed by atoms with E-state index in [1.165, 1.54) is 11.4 Å². The molecule has 54 valence electrons. The molecule has 0 aromatic carbocycles. The average Bonchev–Trinajstić information content (AvgIpc) is 2.59. The van der Waals surface area contributed by atoms with Crippen LogP contribution in [-0.4, -0.2) is 18.1 Å². The van der Waals surface area contributed by atoms with Crippen molar-refractivity contribution < 1.29 is 0 Å². The van der Waals surface area contributed by atoms with Crippen molar-refractivity contribution in [1.82, 2.24) is 10.3 Å². The Balaban J connectivity index is 2.12. The van der Waals surface area contributed by atoms with E-state index in [-0.39, 0.29) is 0 Å². The molecule has 0 unspecified atom stereocenters. The van der Waals surface area contributed by atoms with E-state index in [1.807, 2.05) is 11.6 Å². The molecule has 0 amide bonds. The second-order valence-electron chi connectivity index (χ2n) is 2.56. The molecule has 1 aromatic rings. The Morgan fingerprint density at radius 3 is 3.30 bits per heavy atom. The van der Waals surface area contributed by atoms with Crippen molar-refractivity contribution >= 4 is 11.3 Å². The number of thiazole rings is 1. The monoisotopic (exact) mass is 154 g/mol. The van der Waals surface area contributed by atoms with Gasteiger partial charge in [0.15, 0.2) is 0 Å². The van der Waals surface area contributed by atoms with Crippen LogP contribution in [0.25, 0.3) is 0 Å². The van der Waals surface area contributed by atoms with Crippen molar-refractivity contribution in [3.63, 3.8) is 0 Å². The number of nitrogens with one attached hydrogen (secondary N) is 1. The van der Waals surface area contributed by atoms with Gasteiger partial charge in [-0.3, -0.25) is 0 Å². The lowest BCUT2D eigenvalue weighted by molar-refractivity contribution is 0.755. The summed E-state index contributed by atoms with van der Waals surface area (Å²) in [5.74, 6) is 0.694. The molecule has 0 aliphatic carbocycles. The van der Waals surface area contributed by atoms with Crippen LogP contribution in [0.2, 0.25) is 0 Å². The number of aromatic nitrogens is 1. The van der Waals surface area contributed by atoms with Gasteiger partial charge in [0.25, 0.3) is 0 Å². The molecule has 3 heteroatoms. The van der Waals surface area contributed by atoms with Gasteiger partial charge in [-0.15, -0.1) is 11.3 Å². The quantitative estimate of drug-likeness (QED) is 0.658. The highest BCUT2D eigenvalue weighted by molar-refractivity contribution is 7.09. The van der Waals surface area contributed by atoms with Crippen LogP contribution in [0, 0.1) is 0 Å². The molecule has 2 rings (SSSR count). The minimum absolute atomic E-state index is 0.694. The van der Waals surface area contributed by atoms with Gasteiger partial charge >= 0.3 is 0 Å². The van der Waals surface area contributed by atoms with Crippen molar-refractivity contribution in [2.75, 3.05) is 13.1 Å². The van der Waals surface area contributed by atoms with Crippen LogP contribution in [0.15, 0.2) is 11.6 Å². The van der Waals surface area contributed by atoms with Crippen molar-refractivity contribution in [1.29, 1.82) is 0 Å². The minimum atomic E-state index is 0.694. The minimum Gasteiger partial charge on any atom is -0.316 e. The highest BCUT2D eigenvalue weighted by atomic mass is 32.1. The molecular weight excluding hydrogens is 144 g/mol. The molecular formula is C7H10N2S. The average molecular weight is 154 g/mol. The van der Waals surface area contributed by atoms with E-state index in [1.54, 1.807) is 11.3 Å². The summed E-state index contributed by atoms with van der Waals surface area (Å²) in [7, 11) is 0. The van der Waals surface area contributed by atoms with Crippen LogP contribution in [0.4, 0.5) is 0 Å². The van der Waals surface area contributed by atoms with Crippen molar-refractivity contribution in [2.24, 2.45) is 0 Å². The molecule has 1 fully saturated rings. The molecule has 2 nitrogen and oxygen atoms in total. The summed E-state index contributed by atoms with van der Waals surface area (Å²) in [6.45, 7) is 2.28. The van der Waals surface area contributed by atoms with E-state index in [0.717, 1.165) is 13.1 Å².